The molecule has 1 aromatic rings. The Morgan fingerprint density at radius 3 is 3.31 bits per heavy atom. The third kappa shape index (κ3) is 2.03. The highest BCUT2D eigenvalue weighted by Gasteiger charge is 2.21. The molecule has 2 nitrogen and oxygen atoms in total. The molecule has 0 amide bonds. The lowest BCUT2D eigenvalue weighted by Gasteiger charge is -2.16. The molecular weight excluding hydrogens is 180 g/mol. The second-order valence-corrected chi connectivity index (χ2v) is 4.25. The van der Waals surface area contributed by atoms with Gasteiger partial charge in [0.05, 0.1) is 0 Å². The van der Waals surface area contributed by atoms with E-state index in [0.717, 1.165) is 6.54 Å². The van der Waals surface area contributed by atoms with E-state index in [1.54, 1.807) is 11.3 Å². The van der Waals surface area contributed by atoms with E-state index in [0.29, 0.717) is 6.04 Å². The zero-order valence-corrected chi connectivity index (χ0v) is 8.81. The lowest BCUT2D eigenvalue weighted by atomic mass is 10.3. The summed E-state index contributed by atoms with van der Waals surface area (Å²) in [5, 5.41) is 7.88. The lowest BCUT2D eigenvalue weighted by molar-refractivity contribution is 0.572. The molecule has 1 aliphatic heterocycles. The molecule has 1 atom stereocenters. The molecule has 1 aromatic heterocycles. The average molecular weight is 196 g/mol. The molecule has 72 valence electrons. The summed E-state index contributed by atoms with van der Waals surface area (Å²) in [5.74, 6) is 0. The van der Waals surface area contributed by atoms with Crippen LogP contribution >= 0.6 is 11.3 Å². The Labute approximate surface area is 83.6 Å². The van der Waals surface area contributed by atoms with Crippen LogP contribution in [0.1, 0.15) is 13.3 Å². The van der Waals surface area contributed by atoms with Gasteiger partial charge in [-0.3, -0.25) is 0 Å². The molecule has 1 saturated heterocycles. The van der Waals surface area contributed by atoms with Crippen molar-refractivity contribution in [1.29, 1.82) is 0 Å². The van der Waals surface area contributed by atoms with Gasteiger partial charge in [0.25, 0.3) is 0 Å². The largest absolute Gasteiger partial charge is 0.369 e. The lowest BCUT2D eigenvalue weighted by Crippen LogP contribution is -2.32. The fourth-order valence-electron chi connectivity index (χ4n) is 1.89. The number of hydrogen-bond donors (Lipinski definition) is 1. The molecule has 2 rings (SSSR count). The van der Waals surface area contributed by atoms with Crippen LogP contribution in [-0.4, -0.2) is 25.7 Å². The van der Waals surface area contributed by atoms with Gasteiger partial charge in [0.2, 0.25) is 0 Å². The van der Waals surface area contributed by atoms with Crippen molar-refractivity contribution >= 4 is 17.0 Å². The van der Waals surface area contributed by atoms with Gasteiger partial charge >= 0.3 is 0 Å². The van der Waals surface area contributed by atoms with Crippen LogP contribution in [0.25, 0.3) is 0 Å². The second kappa shape index (κ2) is 4.11. The van der Waals surface area contributed by atoms with Crippen molar-refractivity contribution in [3.05, 3.63) is 16.8 Å². The van der Waals surface area contributed by atoms with Crippen molar-refractivity contribution in [2.45, 2.75) is 19.4 Å². The summed E-state index contributed by atoms with van der Waals surface area (Å²) in [6, 6.07) is 2.91. The minimum absolute atomic E-state index is 0.699. The maximum Gasteiger partial charge on any atom is 0.0475 e. The summed E-state index contributed by atoms with van der Waals surface area (Å²) in [6.07, 6.45) is 1.28. The fourth-order valence-corrected chi connectivity index (χ4v) is 2.55. The van der Waals surface area contributed by atoms with Crippen molar-refractivity contribution in [2.75, 3.05) is 24.5 Å². The predicted molar refractivity (Wildman–Crippen MR) is 58.6 cm³/mol. The molecule has 0 aromatic carbocycles. The van der Waals surface area contributed by atoms with E-state index >= 15 is 0 Å². The number of thiophene rings is 1. The molecule has 0 aliphatic carbocycles. The highest BCUT2D eigenvalue weighted by atomic mass is 32.1. The maximum absolute atomic E-state index is 3.50. The first-order chi connectivity index (χ1) is 6.40. The smallest absolute Gasteiger partial charge is 0.0475 e. The molecule has 1 fully saturated rings. The Hall–Kier alpha value is -0.540. The van der Waals surface area contributed by atoms with E-state index in [1.807, 2.05) is 0 Å². The number of hydrogen-bond acceptors (Lipinski definition) is 3. The molecule has 1 unspecified atom stereocenters. The van der Waals surface area contributed by atoms with Gasteiger partial charge in [-0.1, -0.05) is 6.92 Å². The third-order valence-electron chi connectivity index (χ3n) is 2.55. The fraction of sp³-hybridized carbons (Fsp3) is 0.600. The first kappa shape index (κ1) is 9.03. The first-order valence-corrected chi connectivity index (χ1v) is 5.85. The summed E-state index contributed by atoms with van der Waals surface area (Å²) in [4.78, 5) is 2.46. The molecule has 1 aliphatic rings. The van der Waals surface area contributed by atoms with Crippen LogP contribution in [-0.2, 0) is 0 Å². The summed E-state index contributed by atoms with van der Waals surface area (Å²) in [6.45, 7) is 5.63. The van der Waals surface area contributed by atoms with Gasteiger partial charge in [0, 0.05) is 30.2 Å². The minimum atomic E-state index is 0.699. The number of rotatable bonds is 3. The van der Waals surface area contributed by atoms with Gasteiger partial charge in [-0.2, -0.15) is 11.3 Å². The Morgan fingerprint density at radius 1 is 1.69 bits per heavy atom. The van der Waals surface area contributed by atoms with E-state index in [4.69, 9.17) is 0 Å². The van der Waals surface area contributed by atoms with E-state index in [1.165, 1.54) is 25.2 Å². The van der Waals surface area contributed by atoms with Gasteiger partial charge in [-0.15, -0.1) is 0 Å². The summed E-state index contributed by atoms with van der Waals surface area (Å²) >= 11 is 1.78. The van der Waals surface area contributed by atoms with Crippen LogP contribution in [0.2, 0.25) is 0 Å². The van der Waals surface area contributed by atoms with Gasteiger partial charge in [0.15, 0.2) is 0 Å². The number of likely N-dealkylation sites (N-methyl/N-ethyl adjacent to an activating group) is 1. The zero-order chi connectivity index (χ0) is 9.10. The third-order valence-corrected chi connectivity index (χ3v) is 3.22. The Morgan fingerprint density at radius 2 is 2.62 bits per heavy atom. The van der Waals surface area contributed by atoms with Gasteiger partial charge in [-0.05, 0) is 24.4 Å². The van der Waals surface area contributed by atoms with Gasteiger partial charge in [0.1, 0.15) is 0 Å². The van der Waals surface area contributed by atoms with Gasteiger partial charge < -0.3 is 10.2 Å². The van der Waals surface area contributed by atoms with Crippen LogP contribution in [0, 0.1) is 0 Å². The summed E-state index contributed by atoms with van der Waals surface area (Å²) in [5.41, 5.74) is 1.39. The van der Waals surface area contributed by atoms with Crippen molar-refractivity contribution < 1.29 is 0 Å². The number of nitrogens with one attached hydrogen (secondary N) is 1. The molecule has 1 N–H and O–H groups in total. The molecule has 0 bridgehead atoms. The Balaban J connectivity index is 1.91. The van der Waals surface area contributed by atoms with Crippen LogP contribution in [0.3, 0.4) is 0 Å². The SMILES string of the molecule is CCNC1CCN(c2ccsc2)C1. The van der Waals surface area contributed by atoms with Crippen molar-refractivity contribution in [2.24, 2.45) is 0 Å². The van der Waals surface area contributed by atoms with E-state index in [-0.39, 0.29) is 0 Å². The highest BCUT2D eigenvalue weighted by Crippen LogP contribution is 2.22. The predicted octanol–water partition coefficient (Wildman–Crippen LogP) is 1.94. The van der Waals surface area contributed by atoms with Crippen molar-refractivity contribution in [1.82, 2.24) is 5.32 Å². The van der Waals surface area contributed by atoms with Crippen LogP contribution in [0.4, 0.5) is 5.69 Å². The monoisotopic (exact) mass is 196 g/mol. The quantitative estimate of drug-likeness (QED) is 0.794. The molecule has 0 saturated carbocycles. The standard InChI is InChI=1S/C10H16N2S/c1-2-11-9-3-5-12(7-9)10-4-6-13-8-10/h4,6,8-9,11H,2-3,5,7H2,1H3. The number of anilines is 1. The highest BCUT2D eigenvalue weighted by molar-refractivity contribution is 7.08. The molecule has 2 heterocycles. The zero-order valence-electron chi connectivity index (χ0n) is 7.99. The molecular formula is C10H16N2S. The molecule has 0 radical (unpaired) electrons. The van der Waals surface area contributed by atoms with Crippen LogP contribution in [0.15, 0.2) is 16.8 Å². The Bertz CT molecular complexity index is 245. The average Bonchev–Trinajstić information content (AvgIpc) is 2.70. The second-order valence-electron chi connectivity index (χ2n) is 3.47. The van der Waals surface area contributed by atoms with Crippen LogP contribution in [0.5, 0.6) is 0 Å². The van der Waals surface area contributed by atoms with E-state index in [9.17, 15) is 0 Å². The number of nitrogens with zero attached hydrogens (tertiary/aromatic N) is 1. The molecule has 0 spiro atoms. The molecule has 13 heavy (non-hydrogen) atoms. The van der Waals surface area contributed by atoms with E-state index in [2.05, 4.69) is 34.0 Å². The van der Waals surface area contributed by atoms with Gasteiger partial charge in [-0.25, -0.2) is 0 Å². The Kier molecular flexibility index (Phi) is 2.86. The normalized spacial score (nSPS) is 22.5. The molecule has 3 heteroatoms. The van der Waals surface area contributed by atoms with Crippen molar-refractivity contribution in [3.63, 3.8) is 0 Å². The summed E-state index contributed by atoms with van der Waals surface area (Å²) < 4.78 is 0. The maximum atomic E-state index is 3.50. The van der Waals surface area contributed by atoms with Crippen molar-refractivity contribution in [3.8, 4) is 0 Å². The first-order valence-electron chi connectivity index (χ1n) is 4.90. The topological polar surface area (TPSA) is 15.3 Å². The van der Waals surface area contributed by atoms with Crippen LogP contribution < -0.4 is 10.2 Å². The summed E-state index contributed by atoms with van der Waals surface area (Å²) in [7, 11) is 0. The van der Waals surface area contributed by atoms with E-state index < -0.39 is 0 Å². The minimum Gasteiger partial charge on any atom is -0.369 e.